The lowest BCUT2D eigenvalue weighted by Gasteiger charge is -2.32. The zero-order chi connectivity index (χ0) is 23.1. The molecule has 1 aliphatic heterocycles. The van der Waals surface area contributed by atoms with Crippen LogP contribution in [0.4, 0.5) is 0 Å². The average molecular weight is 519 g/mol. The topological polar surface area (TPSA) is 55.5 Å². The fourth-order valence-corrected chi connectivity index (χ4v) is 5.37. The molecular weight excluding hydrogens is 495 g/mol. The van der Waals surface area contributed by atoms with E-state index in [1.807, 2.05) is 30.3 Å². The number of hydrogen-bond donors (Lipinski definition) is 2. The number of fused-ring (bicyclic) bond motifs is 3. The van der Waals surface area contributed by atoms with Crippen LogP contribution in [0, 0.1) is 0 Å². The summed E-state index contributed by atoms with van der Waals surface area (Å²) in [4.78, 5) is 3.65. The molecule has 0 fully saturated rings. The summed E-state index contributed by atoms with van der Waals surface area (Å²) in [6.07, 6.45) is 0. The molecule has 1 aliphatic rings. The van der Waals surface area contributed by atoms with Crippen molar-refractivity contribution in [2.45, 2.75) is 12.0 Å². The number of benzene rings is 3. The maximum atomic E-state index is 6.64. The summed E-state index contributed by atoms with van der Waals surface area (Å²) in [6, 6.07) is 17.9. The molecule has 2 atom stereocenters. The zero-order valence-electron chi connectivity index (χ0n) is 18.9. The van der Waals surface area contributed by atoms with Crippen LogP contribution in [-0.2, 0) is 0 Å². The van der Waals surface area contributed by atoms with Gasteiger partial charge in [-0.15, -0.1) is 0 Å². The molecule has 0 spiro atoms. The van der Waals surface area contributed by atoms with E-state index in [0.717, 1.165) is 22.3 Å². The molecule has 8 heteroatoms. The predicted molar refractivity (Wildman–Crippen MR) is 133 cm³/mol. The summed E-state index contributed by atoms with van der Waals surface area (Å²) in [5.74, 6) is 1.88. The number of nitrogens with one attached hydrogen (secondary N) is 2. The van der Waals surface area contributed by atoms with E-state index < -0.39 is 0 Å². The van der Waals surface area contributed by atoms with Crippen LogP contribution in [-0.4, -0.2) is 32.9 Å². The van der Waals surface area contributed by atoms with Crippen molar-refractivity contribution in [3.8, 4) is 17.2 Å². The van der Waals surface area contributed by atoms with Crippen LogP contribution in [0.3, 0.4) is 0 Å². The van der Waals surface area contributed by atoms with E-state index >= 15 is 0 Å². The second-order valence-electron chi connectivity index (χ2n) is 8.02. The Balaban J connectivity index is 0.00000274. The summed E-state index contributed by atoms with van der Waals surface area (Å²) < 4.78 is 16.7. The number of halogens is 3. The second kappa shape index (κ2) is 9.96. The van der Waals surface area contributed by atoms with Gasteiger partial charge in [0.25, 0.3) is 0 Å². The quantitative estimate of drug-likeness (QED) is 0.426. The van der Waals surface area contributed by atoms with Crippen LogP contribution in [0.2, 0.25) is 10.0 Å². The van der Waals surface area contributed by atoms with Crippen molar-refractivity contribution in [2.24, 2.45) is 0 Å². The van der Waals surface area contributed by atoms with Gasteiger partial charge in [-0.3, -0.25) is 0 Å². The number of H-pyrrole nitrogens is 1. The van der Waals surface area contributed by atoms with Gasteiger partial charge in [-0.1, -0.05) is 47.5 Å². The average Bonchev–Trinajstić information content (AvgIpc) is 3.22. The van der Waals surface area contributed by atoms with Crippen molar-refractivity contribution in [3.63, 3.8) is 0 Å². The first kappa shape index (κ1) is 24.6. The standard InChI is InChI=1S/C26H24Cl2N2O3.ClH/c1-31-21-10-14(11-22(32-2)26(21)33-3)24-25-23(17-6-4-5-7-20(17)30-25)18(13-29-24)16-9-8-15(27)12-19(16)28;/h4-12,18,24,29-30H,13H2,1-3H3;1H/p-1. The van der Waals surface area contributed by atoms with E-state index in [4.69, 9.17) is 37.4 Å². The van der Waals surface area contributed by atoms with Crippen LogP contribution in [0.15, 0.2) is 54.6 Å². The van der Waals surface area contributed by atoms with Crippen molar-refractivity contribution in [3.05, 3.63) is 87.0 Å². The van der Waals surface area contributed by atoms with Gasteiger partial charge in [-0.2, -0.15) is 0 Å². The van der Waals surface area contributed by atoms with Gasteiger partial charge in [0.1, 0.15) is 0 Å². The number of methoxy groups -OCH3 is 3. The minimum atomic E-state index is -0.0940. The molecule has 3 aromatic carbocycles. The Hall–Kier alpha value is -2.57. The highest BCUT2D eigenvalue weighted by atomic mass is 35.5. The molecule has 4 aromatic rings. The predicted octanol–water partition coefficient (Wildman–Crippen LogP) is 3.33. The van der Waals surface area contributed by atoms with E-state index in [0.29, 0.717) is 33.8 Å². The van der Waals surface area contributed by atoms with Gasteiger partial charge in [-0.05, 0) is 47.0 Å². The monoisotopic (exact) mass is 517 g/mol. The number of rotatable bonds is 5. The third kappa shape index (κ3) is 4.07. The normalized spacial score (nSPS) is 17.1. The Morgan fingerprint density at radius 1 is 0.882 bits per heavy atom. The summed E-state index contributed by atoms with van der Waals surface area (Å²) in [5.41, 5.74) is 5.46. The summed E-state index contributed by atoms with van der Waals surface area (Å²) in [7, 11) is 4.86. The molecule has 2 unspecified atom stereocenters. The Bertz CT molecular complexity index is 1310. The van der Waals surface area contributed by atoms with Gasteiger partial charge in [0, 0.05) is 39.1 Å². The van der Waals surface area contributed by atoms with E-state index in [2.05, 4.69) is 28.5 Å². The molecule has 0 radical (unpaired) electrons. The first-order valence-electron chi connectivity index (χ1n) is 10.6. The lowest BCUT2D eigenvalue weighted by molar-refractivity contribution is -0.00000717. The maximum absolute atomic E-state index is 6.64. The van der Waals surface area contributed by atoms with Crippen molar-refractivity contribution in [1.82, 2.24) is 10.3 Å². The van der Waals surface area contributed by atoms with Gasteiger partial charge in [0.2, 0.25) is 5.75 Å². The van der Waals surface area contributed by atoms with Crippen LogP contribution < -0.4 is 31.9 Å². The fourth-order valence-electron chi connectivity index (χ4n) is 4.83. The first-order valence-corrected chi connectivity index (χ1v) is 11.4. The molecule has 0 aliphatic carbocycles. The van der Waals surface area contributed by atoms with Crippen LogP contribution in [0.25, 0.3) is 10.9 Å². The van der Waals surface area contributed by atoms with Gasteiger partial charge >= 0.3 is 0 Å². The number of ether oxygens (including phenoxy) is 3. The SMILES string of the molecule is COc1cc(C2NCC(c3ccc(Cl)cc3Cl)c3c2[nH]c2ccccc32)cc(OC)c1OC.[Cl-]. The maximum Gasteiger partial charge on any atom is 0.203 e. The molecule has 1 aromatic heterocycles. The zero-order valence-corrected chi connectivity index (χ0v) is 21.2. The van der Waals surface area contributed by atoms with E-state index in [9.17, 15) is 0 Å². The number of aromatic nitrogens is 1. The third-order valence-corrected chi connectivity index (χ3v) is 6.86. The summed E-state index contributed by atoms with van der Waals surface area (Å²) in [5, 5.41) is 6.18. The van der Waals surface area contributed by atoms with Gasteiger partial charge in [-0.25, -0.2) is 0 Å². The molecule has 0 amide bonds. The van der Waals surface area contributed by atoms with Crippen LogP contribution in [0.1, 0.15) is 34.3 Å². The first-order chi connectivity index (χ1) is 16.0. The number of hydrogen-bond acceptors (Lipinski definition) is 4. The largest absolute Gasteiger partial charge is 1.00 e. The highest BCUT2D eigenvalue weighted by Gasteiger charge is 2.34. The van der Waals surface area contributed by atoms with Crippen LogP contribution in [0.5, 0.6) is 17.2 Å². The van der Waals surface area contributed by atoms with Gasteiger partial charge < -0.3 is 36.9 Å². The minimum absolute atomic E-state index is 0. The smallest absolute Gasteiger partial charge is 0.203 e. The molecular formula is C26H24Cl3N2O3-. The molecule has 34 heavy (non-hydrogen) atoms. The molecule has 0 bridgehead atoms. The van der Waals surface area contributed by atoms with E-state index in [-0.39, 0.29) is 24.4 Å². The molecule has 2 N–H and O–H groups in total. The lowest BCUT2D eigenvalue weighted by atomic mass is 9.83. The van der Waals surface area contributed by atoms with Crippen molar-refractivity contribution in [2.75, 3.05) is 27.9 Å². The molecule has 5 nitrogen and oxygen atoms in total. The van der Waals surface area contributed by atoms with E-state index in [1.165, 1.54) is 10.9 Å². The number of aromatic amines is 1. The molecule has 0 saturated carbocycles. The van der Waals surface area contributed by atoms with Gasteiger partial charge in [0.05, 0.1) is 27.4 Å². The Kier molecular flexibility index (Phi) is 7.20. The Morgan fingerprint density at radius 3 is 2.24 bits per heavy atom. The van der Waals surface area contributed by atoms with Crippen LogP contribution >= 0.6 is 23.2 Å². The van der Waals surface area contributed by atoms with Crippen molar-refractivity contribution < 1.29 is 26.6 Å². The second-order valence-corrected chi connectivity index (χ2v) is 8.86. The van der Waals surface area contributed by atoms with E-state index in [1.54, 1.807) is 27.4 Å². The summed E-state index contributed by atoms with van der Waals surface area (Å²) >= 11 is 12.8. The molecule has 2 heterocycles. The minimum Gasteiger partial charge on any atom is -1.00 e. The molecule has 178 valence electrons. The molecule has 0 saturated heterocycles. The third-order valence-electron chi connectivity index (χ3n) is 6.30. The van der Waals surface area contributed by atoms with Crippen molar-refractivity contribution in [1.29, 1.82) is 0 Å². The highest BCUT2D eigenvalue weighted by molar-refractivity contribution is 6.35. The lowest BCUT2D eigenvalue weighted by Crippen LogP contribution is -3.00. The Labute approximate surface area is 214 Å². The fraction of sp³-hybridized carbons (Fsp3) is 0.231. The van der Waals surface area contributed by atoms with Gasteiger partial charge in [0.15, 0.2) is 11.5 Å². The molecule has 5 rings (SSSR count). The van der Waals surface area contributed by atoms with Crippen molar-refractivity contribution >= 4 is 34.1 Å². The summed E-state index contributed by atoms with van der Waals surface area (Å²) in [6.45, 7) is 0.706. The highest BCUT2D eigenvalue weighted by Crippen LogP contribution is 2.46. The number of para-hydroxylation sites is 1. The Morgan fingerprint density at radius 2 is 1.59 bits per heavy atom.